The van der Waals surface area contributed by atoms with Gasteiger partial charge >= 0.3 is 5.63 Å². The van der Waals surface area contributed by atoms with Crippen molar-refractivity contribution in [1.29, 1.82) is 0 Å². The summed E-state index contributed by atoms with van der Waals surface area (Å²) < 4.78 is 5.32. The minimum absolute atomic E-state index is 0.357. The third kappa shape index (κ3) is 4.44. The maximum atomic E-state index is 11.8. The molecular weight excluding hydrogens is 356 g/mol. The smallest absolute Gasteiger partial charge is 0.336 e. The molecule has 2 aromatic carbocycles. The van der Waals surface area contributed by atoms with E-state index in [0.29, 0.717) is 21.5 Å². The quantitative estimate of drug-likeness (QED) is 0.402. The summed E-state index contributed by atoms with van der Waals surface area (Å²) in [6.07, 6.45) is 0.888. The van der Waals surface area contributed by atoms with Gasteiger partial charge in [-0.1, -0.05) is 42.4 Å². The predicted molar refractivity (Wildman–Crippen MR) is 106 cm³/mol. The summed E-state index contributed by atoms with van der Waals surface area (Å²) in [7, 11) is 0. The molecule has 0 saturated carbocycles. The van der Waals surface area contributed by atoms with E-state index >= 15 is 0 Å². The van der Waals surface area contributed by atoms with Gasteiger partial charge in [-0.05, 0) is 47.9 Å². The lowest BCUT2D eigenvalue weighted by molar-refractivity contribution is 0.559. The van der Waals surface area contributed by atoms with Crippen LogP contribution in [0.1, 0.15) is 18.1 Å². The van der Waals surface area contributed by atoms with Gasteiger partial charge in [0.2, 0.25) is 0 Å². The van der Waals surface area contributed by atoms with E-state index in [1.165, 1.54) is 17.8 Å². The number of halogens is 1. The molecule has 0 spiro atoms. The van der Waals surface area contributed by atoms with Gasteiger partial charge in [0.05, 0.1) is 5.69 Å². The second-order valence-electron chi connectivity index (χ2n) is 5.49. The third-order valence-corrected chi connectivity index (χ3v) is 4.84. The molecule has 0 aliphatic carbocycles. The van der Waals surface area contributed by atoms with Crippen LogP contribution in [0.3, 0.4) is 0 Å². The Morgan fingerprint density at radius 1 is 1.20 bits per heavy atom. The maximum absolute atomic E-state index is 11.8. The zero-order valence-corrected chi connectivity index (χ0v) is 15.2. The molecule has 1 heterocycles. The Morgan fingerprint density at radius 3 is 2.68 bits per heavy atom. The van der Waals surface area contributed by atoms with Crippen molar-refractivity contribution < 1.29 is 4.42 Å². The molecule has 6 heteroatoms. The molecule has 1 aromatic heterocycles. The van der Waals surface area contributed by atoms with Crippen LogP contribution in [0.4, 0.5) is 5.69 Å². The van der Waals surface area contributed by atoms with E-state index in [4.69, 9.17) is 21.8 Å². The number of thioether (sulfide) groups is 1. The number of aliphatic imine (C=N–C) groups is 1. The summed E-state index contributed by atoms with van der Waals surface area (Å²) in [5.41, 5.74) is 9.00. The molecule has 25 heavy (non-hydrogen) atoms. The standard InChI is InChI=1S/C19H17ClN2O2S/c1-2-12-3-8-16-13(10-18(23)24-17(16)9-12)11-25-19(21)22-15-6-4-14(20)5-7-15/h3-10H,2,11H2,1H3,(H2,21,22). The van der Waals surface area contributed by atoms with Gasteiger partial charge < -0.3 is 10.2 Å². The number of benzene rings is 2. The number of hydrogen-bond acceptors (Lipinski definition) is 4. The van der Waals surface area contributed by atoms with Gasteiger partial charge in [0.15, 0.2) is 5.17 Å². The van der Waals surface area contributed by atoms with Crippen molar-refractivity contribution in [1.82, 2.24) is 0 Å². The van der Waals surface area contributed by atoms with Crippen LogP contribution in [0.5, 0.6) is 0 Å². The van der Waals surface area contributed by atoms with Crippen molar-refractivity contribution in [2.75, 3.05) is 0 Å². The molecule has 3 aromatic rings. The summed E-state index contributed by atoms with van der Waals surface area (Å²) >= 11 is 7.23. The monoisotopic (exact) mass is 372 g/mol. The lowest BCUT2D eigenvalue weighted by Crippen LogP contribution is -2.07. The maximum Gasteiger partial charge on any atom is 0.336 e. The summed E-state index contributed by atoms with van der Waals surface area (Å²) in [6, 6.07) is 14.6. The lowest BCUT2D eigenvalue weighted by atomic mass is 10.1. The van der Waals surface area contributed by atoms with E-state index in [0.717, 1.165) is 28.6 Å². The Hall–Kier alpha value is -2.24. The molecule has 0 amide bonds. The van der Waals surface area contributed by atoms with Gasteiger partial charge in [0.25, 0.3) is 0 Å². The van der Waals surface area contributed by atoms with E-state index < -0.39 is 0 Å². The highest BCUT2D eigenvalue weighted by molar-refractivity contribution is 8.13. The third-order valence-electron chi connectivity index (χ3n) is 3.74. The van der Waals surface area contributed by atoms with Crippen molar-refractivity contribution in [3.8, 4) is 0 Å². The Kier molecular flexibility index (Phi) is 5.46. The lowest BCUT2D eigenvalue weighted by Gasteiger charge is -2.06. The molecule has 0 atom stereocenters. The van der Waals surface area contributed by atoms with Crippen LogP contribution >= 0.6 is 23.4 Å². The number of fused-ring (bicyclic) bond motifs is 1. The van der Waals surface area contributed by atoms with Crippen molar-refractivity contribution >= 4 is 45.2 Å². The first kappa shape index (κ1) is 17.6. The second-order valence-corrected chi connectivity index (χ2v) is 6.92. The topological polar surface area (TPSA) is 68.6 Å². The van der Waals surface area contributed by atoms with Crippen molar-refractivity contribution in [2.45, 2.75) is 19.1 Å². The first-order valence-corrected chi connectivity index (χ1v) is 9.19. The van der Waals surface area contributed by atoms with Gasteiger partial charge in [0.1, 0.15) is 5.58 Å². The number of aryl methyl sites for hydroxylation is 1. The number of hydrogen-bond donors (Lipinski definition) is 1. The van der Waals surface area contributed by atoms with Gasteiger partial charge in [-0.25, -0.2) is 9.79 Å². The van der Waals surface area contributed by atoms with Crippen molar-refractivity contribution in [2.24, 2.45) is 10.7 Å². The SMILES string of the molecule is CCc1ccc2c(CSC(N)=Nc3ccc(Cl)cc3)cc(=O)oc2c1. The van der Waals surface area contributed by atoms with Crippen LogP contribution in [0.2, 0.25) is 5.02 Å². The largest absolute Gasteiger partial charge is 0.423 e. The average Bonchev–Trinajstić information content (AvgIpc) is 2.61. The van der Waals surface area contributed by atoms with Crippen LogP contribution in [-0.4, -0.2) is 5.17 Å². The van der Waals surface area contributed by atoms with E-state index in [2.05, 4.69) is 11.9 Å². The fraction of sp³-hybridized carbons (Fsp3) is 0.158. The van der Waals surface area contributed by atoms with E-state index in [-0.39, 0.29) is 5.63 Å². The fourth-order valence-electron chi connectivity index (χ4n) is 2.44. The summed E-state index contributed by atoms with van der Waals surface area (Å²) in [5, 5.41) is 2.00. The van der Waals surface area contributed by atoms with Crippen LogP contribution in [0.15, 0.2) is 62.7 Å². The van der Waals surface area contributed by atoms with Crippen molar-refractivity contribution in [3.63, 3.8) is 0 Å². The molecule has 0 aliphatic heterocycles. The van der Waals surface area contributed by atoms with E-state index in [1.807, 2.05) is 18.2 Å². The Bertz CT molecular complexity index is 981. The van der Waals surface area contributed by atoms with Crippen molar-refractivity contribution in [3.05, 3.63) is 75.1 Å². The van der Waals surface area contributed by atoms with Gasteiger partial charge in [0, 0.05) is 22.2 Å². The highest BCUT2D eigenvalue weighted by atomic mass is 35.5. The fourth-order valence-corrected chi connectivity index (χ4v) is 3.28. The summed E-state index contributed by atoms with van der Waals surface area (Å²) in [6.45, 7) is 2.06. The molecule has 2 N–H and O–H groups in total. The zero-order chi connectivity index (χ0) is 17.8. The molecule has 4 nitrogen and oxygen atoms in total. The van der Waals surface area contributed by atoms with Gasteiger partial charge in [-0.3, -0.25) is 0 Å². The molecule has 0 saturated heterocycles. The highest BCUT2D eigenvalue weighted by Crippen LogP contribution is 2.24. The highest BCUT2D eigenvalue weighted by Gasteiger charge is 2.08. The van der Waals surface area contributed by atoms with Crippen LogP contribution in [0.25, 0.3) is 11.0 Å². The van der Waals surface area contributed by atoms with Crippen LogP contribution in [0, 0.1) is 0 Å². The summed E-state index contributed by atoms with van der Waals surface area (Å²) in [4.78, 5) is 16.2. The Balaban J connectivity index is 1.83. The number of nitrogens with two attached hydrogens (primary N) is 1. The minimum Gasteiger partial charge on any atom is -0.423 e. The molecule has 0 bridgehead atoms. The summed E-state index contributed by atoms with van der Waals surface area (Å²) in [5.74, 6) is 0.538. The second kappa shape index (κ2) is 7.76. The van der Waals surface area contributed by atoms with E-state index in [9.17, 15) is 4.79 Å². The van der Waals surface area contributed by atoms with Gasteiger partial charge in [-0.15, -0.1) is 0 Å². The minimum atomic E-state index is -0.357. The molecule has 0 radical (unpaired) electrons. The molecule has 3 rings (SSSR count). The average molecular weight is 373 g/mol. The normalized spacial score (nSPS) is 11.8. The first-order chi connectivity index (χ1) is 12.0. The molecule has 0 aliphatic rings. The van der Waals surface area contributed by atoms with Gasteiger partial charge in [-0.2, -0.15) is 0 Å². The number of amidine groups is 1. The predicted octanol–water partition coefficient (Wildman–Crippen LogP) is 4.89. The Morgan fingerprint density at radius 2 is 1.96 bits per heavy atom. The van der Waals surface area contributed by atoms with Crippen LogP contribution in [-0.2, 0) is 12.2 Å². The number of rotatable bonds is 4. The number of nitrogens with zero attached hydrogens (tertiary/aromatic N) is 1. The molecule has 128 valence electrons. The molecule has 0 unspecified atom stereocenters. The molecular formula is C19H17ClN2O2S. The zero-order valence-electron chi connectivity index (χ0n) is 13.7. The van der Waals surface area contributed by atoms with Crippen LogP contribution < -0.4 is 11.4 Å². The first-order valence-electron chi connectivity index (χ1n) is 7.83. The van der Waals surface area contributed by atoms with E-state index in [1.54, 1.807) is 24.3 Å². The molecule has 0 fully saturated rings. The Labute approximate surface area is 154 Å².